The molecule has 0 unspecified atom stereocenters. The Bertz CT molecular complexity index is 832. The molecule has 0 radical (unpaired) electrons. The van der Waals surface area contributed by atoms with Crippen molar-refractivity contribution in [2.45, 2.75) is 13.2 Å². The predicted molar refractivity (Wildman–Crippen MR) is 89.9 cm³/mol. The van der Waals surface area contributed by atoms with E-state index in [1.165, 1.54) is 4.80 Å². The molecule has 0 aliphatic heterocycles. The maximum atomic E-state index is 12.3. The number of hydrogen-bond acceptors (Lipinski definition) is 4. The Hall–Kier alpha value is -2.70. The van der Waals surface area contributed by atoms with E-state index in [0.717, 1.165) is 5.56 Å². The second-order valence-corrected chi connectivity index (χ2v) is 5.52. The predicted octanol–water partition coefficient (Wildman–Crippen LogP) is 2.34. The Balaban J connectivity index is 1.79. The fourth-order valence-electron chi connectivity index (χ4n) is 2.17. The highest BCUT2D eigenvalue weighted by molar-refractivity contribution is 6.30. The second-order valence-electron chi connectivity index (χ2n) is 5.09. The smallest absolute Gasteiger partial charge is 0.274 e. The summed E-state index contributed by atoms with van der Waals surface area (Å²) in [5.74, 6) is -0.386. The Morgan fingerprint density at radius 2 is 1.79 bits per heavy atom. The van der Waals surface area contributed by atoms with Crippen LogP contribution in [0.1, 0.15) is 21.7 Å². The van der Waals surface area contributed by atoms with Crippen molar-refractivity contribution in [3.05, 3.63) is 76.6 Å². The van der Waals surface area contributed by atoms with E-state index < -0.39 is 0 Å². The Labute approximate surface area is 143 Å². The van der Waals surface area contributed by atoms with E-state index in [4.69, 9.17) is 11.6 Å². The molecule has 0 fully saturated rings. The Kier molecular flexibility index (Phi) is 4.88. The molecular formula is C17H15ClN4O2. The van der Waals surface area contributed by atoms with Crippen LogP contribution in [0.4, 0.5) is 0 Å². The molecular weight excluding hydrogens is 328 g/mol. The van der Waals surface area contributed by atoms with Crippen LogP contribution in [0.25, 0.3) is 5.69 Å². The number of nitrogens with one attached hydrogen (secondary N) is 1. The number of aromatic nitrogens is 3. The molecule has 0 aliphatic rings. The highest BCUT2D eigenvalue weighted by atomic mass is 35.5. The highest BCUT2D eigenvalue weighted by Gasteiger charge is 2.18. The van der Waals surface area contributed by atoms with Crippen LogP contribution >= 0.6 is 11.6 Å². The van der Waals surface area contributed by atoms with Gasteiger partial charge in [0, 0.05) is 11.6 Å². The van der Waals surface area contributed by atoms with Gasteiger partial charge in [-0.1, -0.05) is 41.9 Å². The molecule has 0 bridgehead atoms. The summed E-state index contributed by atoms with van der Waals surface area (Å²) in [4.78, 5) is 13.6. The van der Waals surface area contributed by atoms with Crippen molar-refractivity contribution in [3.63, 3.8) is 0 Å². The maximum Gasteiger partial charge on any atom is 0.274 e. The number of aliphatic hydroxyl groups is 1. The average molecular weight is 343 g/mol. The molecule has 0 saturated heterocycles. The van der Waals surface area contributed by atoms with Crippen LogP contribution in [-0.4, -0.2) is 26.0 Å². The number of benzene rings is 2. The summed E-state index contributed by atoms with van der Waals surface area (Å²) in [6, 6.07) is 16.4. The molecule has 0 spiro atoms. The van der Waals surface area contributed by atoms with Gasteiger partial charge in [0.2, 0.25) is 0 Å². The second kappa shape index (κ2) is 7.25. The zero-order valence-electron chi connectivity index (χ0n) is 12.7. The van der Waals surface area contributed by atoms with Crippen LogP contribution in [0.15, 0.2) is 54.6 Å². The van der Waals surface area contributed by atoms with E-state index in [9.17, 15) is 9.90 Å². The molecule has 1 aromatic heterocycles. The van der Waals surface area contributed by atoms with Gasteiger partial charge in [-0.05, 0) is 29.8 Å². The van der Waals surface area contributed by atoms with Gasteiger partial charge >= 0.3 is 0 Å². The van der Waals surface area contributed by atoms with Crippen LogP contribution in [0.3, 0.4) is 0 Å². The Morgan fingerprint density at radius 1 is 1.08 bits per heavy atom. The number of hydrogen-bond donors (Lipinski definition) is 2. The molecule has 2 aromatic carbocycles. The molecule has 0 aliphatic carbocycles. The molecule has 24 heavy (non-hydrogen) atoms. The first-order chi connectivity index (χ1) is 11.7. The summed E-state index contributed by atoms with van der Waals surface area (Å²) in [6.07, 6.45) is 0. The summed E-state index contributed by atoms with van der Waals surface area (Å²) in [5, 5.41) is 21.1. The van der Waals surface area contributed by atoms with Crippen LogP contribution in [-0.2, 0) is 13.2 Å². The lowest BCUT2D eigenvalue weighted by molar-refractivity contribution is 0.0942. The van der Waals surface area contributed by atoms with Crippen molar-refractivity contribution < 1.29 is 9.90 Å². The zero-order valence-corrected chi connectivity index (χ0v) is 13.4. The van der Waals surface area contributed by atoms with E-state index in [1.54, 1.807) is 24.3 Å². The number of aliphatic hydroxyl groups excluding tert-OH is 1. The number of carbonyl (C=O) groups excluding carboxylic acids is 1. The van der Waals surface area contributed by atoms with Crippen molar-refractivity contribution in [1.29, 1.82) is 0 Å². The van der Waals surface area contributed by atoms with Gasteiger partial charge in [-0.15, -0.1) is 10.2 Å². The van der Waals surface area contributed by atoms with Crippen LogP contribution in [0.5, 0.6) is 0 Å². The van der Waals surface area contributed by atoms with Gasteiger partial charge in [0.15, 0.2) is 5.69 Å². The fourth-order valence-corrected chi connectivity index (χ4v) is 2.30. The molecule has 0 saturated carbocycles. The third kappa shape index (κ3) is 3.61. The summed E-state index contributed by atoms with van der Waals surface area (Å²) in [7, 11) is 0. The van der Waals surface area contributed by atoms with Crippen molar-refractivity contribution in [3.8, 4) is 5.69 Å². The minimum absolute atomic E-state index is 0.100. The topological polar surface area (TPSA) is 80.0 Å². The molecule has 3 rings (SSSR count). The first-order valence-corrected chi connectivity index (χ1v) is 7.70. The molecule has 122 valence electrons. The third-order valence-corrected chi connectivity index (χ3v) is 3.65. The SMILES string of the molecule is O=C(NCc1ccccc1)c1nn(-c2ccc(Cl)cc2)nc1CO. The lowest BCUT2D eigenvalue weighted by atomic mass is 10.2. The molecule has 6 nitrogen and oxygen atoms in total. The van der Waals surface area contributed by atoms with Crippen LogP contribution < -0.4 is 5.32 Å². The van der Waals surface area contributed by atoms with Crippen molar-refractivity contribution in [2.75, 3.05) is 0 Å². The van der Waals surface area contributed by atoms with Gasteiger partial charge in [-0.3, -0.25) is 4.79 Å². The third-order valence-electron chi connectivity index (χ3n) is 3.40. The largest absolute Gasteiger partial charge is 0.390 e. The van der Waals surface area contributed by atoms with Gasteiger partial charge in [-0.25, -0.2) is 0 Å². The van der Waals surface area contributed by atoms with Gasteiger partial charge in [0.1, 0.15) is 5.69 Å². The van der Waals surface area contributed by atoms with E-state index in [2.05, 4.69) is 15.5 Å². The number of amides is 1. The summed E-state index contributed by atoms with van der Waals surface area (Å²) < 4.78 is 0. The lowest BCUT2D eigenvalue weighted by Crippen LogP contribution is -2.24. The first kappa shape index (κ1) is 16.2. The van der Waals surface area contributed by atoms with E-state index >= 15 is 0 Å². The first-order valence-electron chi connectivity index (χ1n) is 7.32. The van der Waals surface area contributed by atoms with Crippen molar-refractivity contribution in [1.82, 2.24) is 20.3 Å². The van der Waals surface area contributed by atoms with E-state index in [1.807, 2.05) is 30.3 Å². The van der Waals surface area contributed by atoms with E-state index in [-0.39, 0.29) is 23.9 Å². The fraction of sp³-hybridized carbons (Fsp3) is 0.118. The van der Waals surface area contributed by atoms with Gasteiger partial charge in [-0.2, -0.15) is 4.80 Å². The lowest BCUT2D eigenvalue weighted by Gasteiger charge is -2.03. The minimum atomic E-state index is -0.386. The number of carbonyl (C=O) groups is 1. The van der Waals surface area contributed by atoms with Gasteiger partial charge < -0.3 is 10.4 Å². The van der Waals surface area contributed by atoms with Gasteiger partial charge in [0.05, 0.1) is 12.3 Å². The highest BCUT2D eigenvalue weighted by Crippen LogP contribution is 2.13. The van der Waals surface area contributed by atoms with E-state index in [0.29, 0.717) is 17.3 Å². The standard InChI is InChI=1S/C17H15ClN4O2/c18-13-6-8-14(9-7-13)22-20-15(11-23)16(21-22)17(24)19-10-12-4-2-1-3-5-12/h1-9,23H,10-11H2,(H,19,24). The summed E-state index contributed by atoms with van der Waals surface area (Å²) in [5.41, 5.74) is 1.94. The number of rotatable bonds is 5. The maximum absolute atomic E-state index is 12.3. The summed E-state index contributed by atoms with van der Waals surface area (Å²) in [6.45, 7) is 0.0000267. The molecule has 1 heterocycles. The summed E-state index contributed by atoms with van der Waals surface area (Å²) >= 11 is 5.86. The number of halogens is 1. The van der Waals surface area contributed by atoms with Crippen molar-refractivity contribution >= 4 is 17.5 Å². The van der Waals surface area contributed by atoms with Crippen LogP contribution in [0, 0.1) is 0 Å². The zero-order chi connectivity index (χ0) is 16.9. The molecule has 2 N–H and O–H groups in total. The van der Waals surface area contributed by atoms with Gasteiger partial charge in [0.25, 0.3) is 5.91 Å². The molecule has 0 atom stereocenters. The molecule has 3 aromatic rings. The van der Waals surface area contributed by atoms with Crippen molar-refractivity contribution in [2.24, 2.45) is 0 Å². The Morgan fingerprint density at radius 3 is 2.46 bits per heavy atom. The number of nitrogens with zero attached hydrogens (tertiary/aromatic N) is 3. The molecule has 7 heteroatoms. The monoisotopic (exact) mass is 342 g/mol. The average Bonchev–Trinajstić information content (AvgIpc) is 3.05. The normalized spacial score (nSPS) is 10.6. The van der Waals surface area contributed by atoms with Crippen LogP contribution in [0.2, 0.25) is 5.02 Å². The minimum Gasteiger partial charge on any atom is -0.390 e. The quantitative estimate of drug-likeness (QED) is 0.746. The molecule has 1 amide bonds.